The van der Waals surface area contributed by atoms with Gasteiger partial charge < -0.3 is 0 Å². The molecule has 154 valence electrons. The van der Waals surface area contributed by atoms with Crippen molar-refractivity contribution < 1.29 is 18.0 Å². The van der Waals surface area contributed by atoms with E-state index in [4.69, 9.17) is 0 Å². The number of aromatic amines is 1. The van der Waals surface area contributed by atoms with Crippen molar-refractivity contribution in [2.45, 2.75) is 12.2 Å². The molecule has 1 aromatic heterocycles. The number of anilines is 1. The number of H-pyrrole nitrogens is 1. The van der Waals surface area contributed by atoms with Crippen LogP contribution in [0.5, 0.6) is 0 Å². The molecule has 4 aromatic rings. The summed E-state index contributed by atoms with van der Waals surface area (Å²) in [6.45, 7) is 0. The first-order valence-electron chi connectivity index (χ1n) is 9.64. The third-order valence-electron chi connectivity index (χ3n) is 5.38. The standard InChI is InChI=1S/C24H16F3N3O/c25-24(26,27)17-12-7-13-18(14-17)30-22(16-10-5-2-6-11-16)19-20(15-8-3-1-4-9-15)28-29-21(19)23(30)31/h1-14,22H,(H,28,29). The highest BCUT2D eigenvalue weighted by molar-refractivity contribution is 6.11. The SMILES string of the molecule is O=C1c2[nH]nc(-c3ccccc3)c2C(c2ccccc2)N1c1cccc(C(F)(F)F)c1. The lowest BCUT2D eigenvalue weighted by atomic mass is 9.96. The molecule has 0 fully saturated rings. The maximum atomic E-state index is 13.4. The summed E-state index contributed by atoms with van der Waals surface area (Å²) < 4.78 is 40.0. The normalized spacial score (nSPS) is 15.9. The van der Waals surface area contributed by atoms with Crippen LogP contribution in [0, 0.1) is 0 Å². The number of hydrogen-bond donors (Lipinski definition) is 1. The largest absolute Gasteiger partial charge is 0.416 e. The van der Waals surface area contributed by atoms with Crippen molar-refractivity contribution in [1.82, 2.24) is 10.2 Å². The number of benzene rings is 3. The summed E-state index contributed by atoms with van der Waals surface area (Å²) in [5.41, 5.74) is 2.52. The number of fused-ring (bicyclic) bond motifs is 1. The first kappa shape index (κ1) is 19.1. The van der Waals surface area contributed by atoms with E-state index in [1.165, 1.54) is 17.0 Å². The van der Waals surface area contributed by atoms with Crippen molar-refractivity contribution in [1.29, 1.82) is 0 Å². The third kappa shape index (κ3) is 3.18. The van der Waals surface area contributed by atoms with Gasteiger partial charge in [0.05, 0.1) is 17.3 Å². The van der Waals surface area contributed by atoms with Crippen molar-refractivity contribution in [2.24, 2.45) is 0 Å². The lowest BCUT2D eigenvalue weighted by Crippen LogP contribution is -2.29. The summed E-state index contributed by atoms with van der Waals surface area (Å²) in [6.07, 6.45) is -4.51. The summed E-state index contributed by atoms with van der Waals surface area (Å²) in [5, 5.41) is 7.18. The number of nitrogens with zero attached hydrogens (tertiary/aromatic N) is 2. The second kappa shape index (κ2) is 7.12. The van der Waals surface area contributed by atoms with Gasteiger partial charge in [-0.15, -0.1) is 0 Å². The van der Waals surface area contributed by atoms with Gasteiger partial charge in [-0.25, -0.2) is 0 Å². The summed E-state index contributed by atoms with van der Waals surface area (Å²) in [4.78, 5) is 14.8. The molecular formula is C24H16F3N3O. The van der Waals surface area contributed by atoms with Crippen LogP contribution in [0.15, 0.2) is 84.9 Å². The Morgan fingerprint density at radius 1 is 0.871 bits per heavy atom. The molecule has 0 saturated heterocycles. The number of amides is 1. The summed E-state index contributed by atoms with van der Waals surface area (Å²) in [6, 6.07) is 22.9. The van der Waals surface area contributed by atoms with Crippen LogP contribution in [-0.2, 0) is 6.18 Å². The predicted octanol–water partition coefficient (Wildman–Crippen LogP) is 5.85. The average Bonchev–Trinajstić information content (AvgIpc) is 3.33. The van der Waals surface area contributed by atoms with E-state index in [0.29, 0.717) is 11.3 Å². The van der Waals surface area contributed by atoms with E-state index in [1.54, 1.807) is 0 Å². The highest BCUT2D eigenvalue weighted by atomic mass is 19.4. The molecule has 1 atom stereocenters. The zero-order valence-corrected chi connectivity index (χ0v) is 16.1. The van der Waals surface area contributed by atoms with E-state index < -0.39 is 23.7 Å². The van der Waals surface area contributed by atoms with E-state index in [9.17, 15) is 18.0 Å². The Morgan fingerprint density at radius 2 is 1.55 bits per heavy atom. The molecule has 1 aliphatic heterocycles. The van der Waals surface area contributed by atoms with Gasteiger partial charge in [-0.2, -0.15) is 18.3 Å². The summed E-state index contributed by atoms with van der Waals surface area (Å²) in [5.74, 6) is -0.419. The van der Waals surface area contributed by atoms with Gasteiger partial charge in [-0.05, 0) is 23.8 Å². The van der Waals surface area contributed by atoms with Crippen LogP contribution in [0.2, 0.25) is 0 Å². The van der Waals surface area contributed by atoms with E-state index in [1.807, 2.05) is 60.7 Å². The van der Waals surface area contributed by atoms with Gasteiger partial charge in [0.25, 0.3) is 5.91 Å². The van der Waals surface area contributed by atoms with Crippen LogP contribution in [0.4, 0.5) is 18.9 Å². The van der Waals surface area contributed by atoms with Crippen molar-refractivity contribution in [3.63, 3.8) is 0 Å². The Labute approximate surface area is 176 Å². The summed E-state index contributed by atoms with van der Waals surface area (Å²) >= 11 is 0. The molecule has 1 aliphatic rings. The number of alkyl halides is 3. The topological polar surface area (TPSA) is 49.0 Å². The fourth-order valence-corrected chi connectivity index (χ4v) is 4.01. The van der Waals surface area contributed by atoms with Gasteiger partial charge in [-0.3, -0.25) is 14.8 Å². The molecule has 1 amide bonds. The van der Waals surface area contributed by atoms with Crippen molar-refractivity contribution in [3.05, 3.63) is 107 Å². The highest BCUT2D eigenvalue weighted by Gasteiger charge is 2.43. The molecule has 0 spiro atoms. The van der Waals surface area contributed by atoms with E-state index in [2.05, 4.69) is 10.2 Å². The second-order valence-electron chi connectivity index (χ2n) is 7.26. The van der Waals surface area contributed by atoms with Crippen LogP contribution in [0.25, 0.3) is 11.3 Å². The Hall–Kier alpha value is -3.87. The van der Waals surface area contributed by atoms with Gasteiger partial charge in [0.1, 0.15) is 5.69 Å². The van der Waals surface area contributed by atoms with Crippen molar-refractivity contribution >= 4 is 11.6 Å². The molecule has 1 N–H and O–H groups in total. The summed E-state index contributed by atoms with van der Waals surface area (Å²) in [7, 11) is 0. The van der Waals surface area contributed by atoms with Gasteiger partial charge in [-0.1, -0.05) is 66.7 Å². The van der Waals surface area contributed by atoms with Crippen molar-refractivity contribution in [2.75, 3.05) is 4.90 Å². The zero-order chi connectivity index (χ0) is 21.6. The van der Waals surface area contributed by atoms with Gasteiger partial charge >= 0.3 is 6.18 Å². The molecule has 0 saturated carbocycles. The average molecular weight is 419 g/mol. The quantitative estimate of drug-likeness (QED) is 0.453. The number of nitrogens with one attached hydrogen (secondary N) is 1. The Morgan fingerprint density at radius 3 is 2.23 bits per heavy atom. The molecule has 3 aromatic carbocycles. The van der Waals surface area contributed by atoms with E-state index in [-0.39, 0.29) is 11.4 Å². The fraction of sp³-hybridized carbons (Fsp3) is 0.0833. The third-order valence-corrected chi connectivity index (χ3v) is 5.38. The Kier molecular flexibility index (Phi) is 4.39. The molecular weight excluding hydrogens is 403 g/mol. The zero-order valence-electron chi connectivity index (χ0n) is 16.1. The molecule has 7 heteroatoms. The van der Waals surface area contributed by atoms with Crippen molar-refractivity contribution in [3.8, 4) is 11.3 Å². The minimum Gasteiger partial charge on any atom is -0.295 e. The number of hydrogen-bond acceptors (Lipinski definition) is 2. The minimum absolute atomic E-state index is 0.178. The lowest BCUT2D eigenvalue weighted by Gasteiger charge is -2.27. The van der Waals surface area contributed by atoms with Crippen LogP contribution < -0.4 is 4.90 Å². The van der Waals surface area contributed by atoms with Crippen LogP contribution in [-0.4, -0.2) is 16.1 Å². The maximum absolute atomic E-state index is 13.4. The predicted molar refractivity (Wildman–Crippen MR) is 111 cm³/mol. The van der Waals surface area contributed by atoms with E-state index >= 15 is 0 Å². The highest BCUT2D eigenvalue weighted by Crippen LogP contribution is 2.45. The fourth-order valence-electron chi connectivity index (χ4n) is 4.01. The van der Waals surface area contributed by atoms with E-state index in [0.717, 1.165) is 23.3 Å². The minimum atomic E-state index is -4.51. The Bertz CT molecular complexity index is 1250. The lowest BCUT2D eigenvalue weighted by molar-refractivity contribution is -0.137. The number of carbonyl (C=O) groups excluding carboxylic acids is 1. The van der Waals surface area contributed by atoms with Crippen LogP contribution in [0.1, 0.15) is 33.2 Å². The molecule has 4 nitrogen and oxygen atoms in total. The van der Waals surface area contributed by atoms with Crippen LogP contribution in [0.3, 0.4) is 0 Å². The van der Waals surface area contributed by atoms with Gasteiger partial charge in [0.15, 0.2) is 0 Å². The Balaban J connectivity index is 1.71. The monoisotopic (exact) mass is 419 g/mol. The van der Waals surface area contributed by atoms with Crippen LogP contribution >= 0.6 is 0 Å². The maximum Gasteiger partial charge on any atom is 0.416 e. The number of aromatic nitrogens is 2. The molecule has 0 bridgehead atoms. The first-order valence-corrected chi connectivity index (χ1v) is 9.64. The second-order valence-corrected chi connectivity index (χ2v) is 7.26. The van der Waals surface area contributed by atoms with Gasteiger partial charge in [0, 0.05) is 16.8 Å². The smallest absolute Gasteiger partial charge is 0.295 e. The number of carbonyl (C=O) groups is 1. The number of rotatable bonds is 3. The molecule has 5 rings (SSSR count). The molecule has 1 unspecified atom stereocenters. The molecule has 2 heterocycles. The first-order chi connectivity index (χ1) is 14.9. The molecule has 0 radical (unpaired) electrons. The van der Waals surface area contributed by atoms with Gasteiger partial charge in [0.2, 0.25) is 0 Å². The molecule has 0 aliphatic carbocycles. The number of halogens is 3. The molecule has 31 heavy (non-hydrogen) atoms.